The molecule has 7 rings (SSSR count). The fourth-order valence-electron chi connectivity index (χ4n) is 7.42. The van der Waals surface area contributed by atoms with E-state index in [2.05, 4.69) is 15.4 Å². The molecule has 0 radical (unpaired) electrons. The van der Waals surface area contributed by atoms with E-state index in [9.17, 15) is 27.6 Å². The van der Waals surface area contributed by atoms with Gasteiger partial charge in [0.05, 0.1) is 17.3 Å². The molecule has 4 amide bonds. The molecule has 14 heteroatoms. The van der Waals surface area contributed by atoms with Crippen LogP contribution in [0.15, 0.2) is 60.7 Å². The number of aromatic nitrogens is 1. The molecular formula is C39H47N5O8S. The van der Waals surface area contributed by atoms with Gasteiger partial charge in [0.2, 0.25) is 27.7 Å². The monoisotopic (exact) mass is 745 g/mol. The van der Waals surface area contributed by atoms with Crippen LogP contribution in [-0.4, -0.2) is 83.2 Å². The first-order valence-corrected chi connectivity index (χ1v) is 20.1. The summed E-state index contributed by atoms with van der Waals surface area (Å²) in [5, 5.41) is 7.70. The minimum absolute atomic E-state index is 0.00480. The third-order valence-electron chi connectivity index (χ3n) is 10.4. The Morgan fingerprint density at radius 2 is 1.68 bits per heavy atom. The number of nitrogens with zero attached hydrogens (tertiary/aromatic N) is 2. The van der Waals surface area contributed by atoms with Gasteiger partial charge in [-0.3, -0.25) is 19.1 Å². The van der Waals surface area contributed by atoms with Crippen LogP contribution in [0, 0.1) is 5.92 Å². The summed E-state index contributed by atoms with van der Waals surface area (Å²) in [5.74, 6) is -1.93. The lowest BCUT2D eigenvalue weighted by atomic mass is 10.0. The van der Waals surface area contributed by atoms with E-state index in [1.54, 1.807) is 20.8 Å². The number of allylic oxidation sites excluding steroid dienone is 1. The lowest BCUT2D eigenvalue weighted by Crippen LogP contribution is -2.58. The maximum atomic E-state index is 14.5. The molecule has 1 saturated heterocycles. The lowest BCUT2D eigenvalue weighted by Gasteiger charge is -2.30. The molecule has 3 N–H and O–H groups in total. The molecule has 1 aromatic heterocycles. The first kappa shape index (κ1) is 36.6. The number of benzene rings is 2. The molecule has 5 atom stereocenters. The van der Waals surface area contributed by atoms with Crippen molar-refractivity contribution in [1.29, 1.82) is 0 Å². The molecule has 4 aliphatic rings. The molecule has 2 aliphatic carbocycles. The van der Waals surface area contributed by atoms with Crippen molar-refractivity contribution in [3.05, 3.63) is 60.7 Å². The van der Waals surface area contributed by atoms with Crippen molar-refractivity contribution >= 4 is 55.5 Å². The second kappa shape index (κ2) is 14.3. The van der Waals surface area contributed by atoms with E-state index in [1.165, 1.54) is 4.90 Å². The first-order valence-electron chi connectivity index (χ1n) is 18.5. The number of nitrogens with one attached hydrogen (secondary N) is 3. The molecule has 3 heterocycles. The van der Waals surface area contributed by atoms with E-state index in [0.717, 1.165) is 34.5 Å². The Morgan fingerprint density at radius 3 is 2.42 bits per heavy atom. The van der Waals surface area contributed by atoms with Crippen LogP contribution in [0.25, 0.3) is 21.7 Å². The SMILES string of the molecule is CC(C)(C)OC(=O)N[C@H]1CCCCCC=C[C@@H]2C[C@@]2(C(=O)NS(=O)(=O)C2CC2)NC(=O)[C@@H]2C[C@@H](Oc3nc4ccccc4c4ccccc34)CN2C1=O. The van der Waals surface area contributed by atoms with Gasteiger partial charge in [-0.15, -0.1) is 0 Å². The van der Waals surface area contributed by atoms with Crippen molar-refractivity contribution in [1.82, 2.24) is 25.2 Å². The van der Waals surface area contributed by atoms with Gasteiger partial charge in [-0.2, -0.15) is 0 Å². The van der Waals surface area contributed by atoms with Crippen LogP contribution in [0.3, 0.4) is 0 Å². The summed E-state index contributed by atoms with van der Waals surface area (Å²) >= 11 is 0. The molecule has 282 valence electrons. The minimum atomic E-state index is -3.88. The average Bonchev–Trinajstić information content (AvgIpc) is 4.03. The number of hydrogen-bond acceptors (Lipinski definition) is 9. The Balaban J connectivity index is 1.21. The second-order valence-corrected chi connectivity index (χ2v) is 17.6. The van der Waals surface area contributed by atoms with Crippen LogP contribution in [0.5, 0.6) is 5.88 Å². The molecule has 2 saturated carbocycles. The molecule has 2 aromatic carbocycles. The summed E-state index contributed by atoms with van der Waals surface area (Å²) in [6.07, 6.45) is 6.87. The molecule has 0 spiro atoms. The van der Waals surface area contributed by atoms with Crippen LogP contribution >= 0.6 is 0 Å². The molecule has 53 heavy (non-hydrogen) atoms. The number of para-hydroxylation sites is 1. The average molecular weight is 746 g/mol. The van der Waals surface area contributed by atoms with Crippen LogP contribution < -0.4 is 20.1 Å². The zero-order valence-electron chi connectivity index (χ0n) is 30.3. The fourth-order valence-corrected chi connectivity index (χ4v) is 8.78. The molecular weight excluding hydrogens is 699 g/mol. The number of carbonyl (C=O) groups is 4. The van der Waals surface area contributed by atoms with Crippen LogP contribution in [0.2, 0.25) is 0 Å². The van der Waals surface area contributed by atoms with Gasteiger partial charge in [0, 0.05) is 23.1 Å². The smallest absolute Gasteiger partial charge is 0.408 e. The van der Waals surface area contributed by atoms with Gasteiger partial charge in [-0.1, -0.05) is 61.4 Å². The van der Waals surface area contributed by atoms with Gasteiger partial charge in [0.25, 0.3) is 5.91 Å². The van der Waals surface area contributed by atoms with Crippen molar-refractivity contribution < 1.29 is 37.1 Å². The van der Waals surface area contributed by atoms with Gasteiger partial charge >= 0.3 is 6.09 Å². The van der Waals surface area contributed by atoms with E-state index >= 15 is 0 Å². The number of hydrogen-bond donors (Lipinski definition) is 3. The molecule has 13 nitrogen and oxygen atoms in total. The zero-order chi connectivity index (χ0) is 37.5. The van der Waals surface area contributed by atoms with Gasteiger partial charge in [-0.05, 0) is 76.8 Å². The number of fused-ring (bicyclic) bond motifs is 5. The predicted octanol–water partition coefficient (Wildman–Crippen LogP) is 4.63. The number of pyridine rings is 1. The zero-order valence-corrected chi connectivity index (χ0v) is 31.1. The van der Waals surface area contributed by atoms with E-state index in [0.29, 0.717) is 38.0 Å². The molecule has 0 unspecified atom stereocenters. The topological polar surface area (TPSA) is 173 Å². The van der Waals surface area contributed by atoms with E-state index in [1.807, 2.05) is 60.7 Å². The van der Waals surface area contributed by atoms with Crippen molar-refractivity contribution in [3.8, 4) is 5.88 Å². The number of amides is 4. The number of sulfonamides is 1. The van der Waals surface area contributed by atoms with Crippen LogP contribution in [0.1, 0.15) is 78.6 Å². The van der Waals surface area contributed by atoms with Crippen molar-refractivity contribution in [2.75, 3.05) is 6.54 Å². The highest BCUT2D eigenvalue weighted by molar-refractivity contribution is 7.91. The van der Waals surface area contributed by atoms with Crippen molar-refractivity contribution in [3.63, 3.8) is 0 Å². The van der Waals surface area contributed by atoms with Gasteiger partial charge in [-0.25, -0.2) is 18.2 Å². The maximum absolute atomic E-state index is 14.5. The Hall–Kier alpha value is -4.72. The highest BCUT2D eigenvalue weighted by Gasteiger charge is 2.62. The van der Waals surface area contributed by atoms with Gasteiger partial charge in [0.15, 0.2) is 0 Å². The molecule has 3 fully saturated rings. The minimum Gasteiger partial charge on any atom is -0.472 e. The number of rotatable bonds is 6. The maximum Gasteiger partial charge on any atom is 0.408 e. The standard InChI is InChI=1S/C39H47N5O8S/c1-38(2,3)52-37(48)41-31-18-8-6-4-5-7-13-24-22-39(24,36(47)43-53(49,50)26-19-20-26)42-33(45)32-21-25(23-44(32)35(31)46)51-34-29-16-10-9-14-27(29)28-15-11-12-17-30(28)40-34/h7,9-17,24-26,31-32H,4-6,8,18-23H2,1-3H3,(H,41,48)(H,42,45)(H,43,47)/t24-,25-,31+,32+,39-/m1/s1. The van der Waals surface area contributed by atoms with Crippen LogP contribution in [0.4, 0.5) is 4.79 Å². The van der Waals surface area contributed by atoms with Gasteiger partial charge in [0.1, 0.15) is 29.3 Å². The normalized spacial score (nSPS) is 26.8. The Morgan fingerprint density at radius 1 is 0.962 bits per heavy atom. The lowest BCUT2D eigenvalue weighted by molar-refractivity contribution is -0.141. The fraction of sp³-hybridized carbons (Fsp3) is 0.513. The van der Waals surface area contributed by atoms with Gasteiger partial charge < -0.3 is 25.0 Å². The Labute approximate surface area is 309 Å². The van der Waals surface area contributed by atoms with E-state index < -0.39 is 74.3 Å². The Kier molecular flexibility index (Phi) is 9.85. The van der Waals surface area contributed by atoms with Crippen molar-refractivity contribution in [2.45, 2.75) is 113 Å². The quantitative estimate of drug-likeness (QED) is 0.240. The third kappa shape index (κ3) is 7.97. The number of ether oxygens (including phenoxy) is 2. The number of alkyl carbamates (subject to hydrolysis) is 1. The van der Waals surface area contributed by atoms with E-state index in [-0.39, 0.29) is 19.4 Å². The third-order valence-corrected chi connectivity index (χ3v) is 12.2. The highest BCUT2D eigenvalue weighted by Crippen LogP contribution is 2.46. The predicted molar refractivity (Wildman–Crippen MR) is 198 cm³/mol. The summed E-state index contributed by atoms with van der Waals surface area (Å²) in [6, 6.07) is 13.4. The summed E-state index contributed by atoms with van der Waals surface area (Å²) < 4.78 is 40.0. The molecule has 2 aliphatic heterocycles. The number of carbonyl (C=O) groups excluding carboxylic acids is 4. The first-order chi connectivity index (χ1) is 25.2. The van der Waals surface area contributed by atoms with E-state index in [4.69, 9.17) is 14.5 Å². The summed E-state index contributed by atoms with van der Waals surface area (Å²) in [6.45, 7) is 5.21. The summed E-state index contributed by atoms with van der Waals surface area (Å²) in [4.78, 5) is 61.8. The molecule has 0 bridgehead atoms. The highest BCUT2D eigenvalue weighted by atomic mass is 32.2. The molecule has 3 aromatic rings. The summed E-state index contributed by atoms with van der Waals surface area (Å²) in [5.41, 5.74) is -1.56. The largest absolute Gasteiger partial charge is 0.472 e. The summed E-state index contributed by atoms with van der Waals surface area (Å²) in [7, 11) is -3.88. The Bertz CT molecular complexity index is 2080. The van der Waals surface area contributed by atoms with Crippen molar-refractivity contribution in [2.24, 2.45) is 5.92 Å². The van der Waals surface area contributed by atoms with Crippen LogP contribution in [-0.2, 0) is 29.1 Å². The second-order valence-electron chi connectivity index (χ2n) is 15.7.